The maximum absolute atomic E-state index is 10.8. The van der Waals surface area contributed by atoms with Crippen LogP contribution < -0.4 is 4.74 Å². The molecule has 0 spiro atoms. The number of pyridine rings is 2. The molecule has 0 bridgehead atoms. The number of ether oxygens (including phenoxy) is 1. The van der Waals surface area contributed by atoms with E-state index >= 15 is 0 Å². The molecule has 0 aromatic carbocycles. The van der Waals surface area contributed by atoms with Crippen LogP contribution in [0.2, 0.25) is 5.15 Å². The van der Waals surface area contributed by atoms with Crippen LogP contribution >= 0.6 is 27.5 Å². The molecule has 92 valence electrons. The molecule has 0 aliphatic heterocycles. The number of rotatable bonds is 3. The molecule has 2 aromatic heterocycles. The molecule has 2 heterocycles. The van der Waals surface area contributed by atoms with E-state index in [1.165, 1.54) is 18.3 Å². The largest absolute Gasteiger partial charge is 0.432 e. The maximum Gasteiger partial charge on any atom is 0.331 e. The van der Waals surface area contributed by atoms with E-state index in [0.717, 1.165) is 0 Å². The third-order valence-corrected chi connectivity index (χ3v) is 2.54. The molecule has 0 radical (unpaired) electrons. The first-order chi connectivity index (χ1) is 8.56. The van der Waals surface area contributed by atoms with E-state index in [9.17, 15) is 10.1 Å². The fourth-order valence-electron chi connectivity index (χ4n) is 1.18. The molecule has 0 aliphatic carbocycles. The molecule has 0 N–H and O–H groups in total. The topological polar surface area (TPSA) is 78.2 Å². The standard InChI is InChI=1S/C10H5BrClN3O3/c11-6-3-7(5-13-4-6)18-10-8(15(16)17)1-2-9(12)14-10/h1-5H. The van der Waals surface area contributed by atoms with Gasteiger partial charge in [0.25, 0.3) is 0 Å². The number of hydrogen-bond acceptors (Lipinski definition) is 5. The fraction of sp³-hybridized carbons (Fsp3) is 0. The van der Waals surface area contributed by atoms with Gasteiger partial charge in [0.1, 0.15) is 10.9 Å². The van der Waals surface area contributed by atoms with Crippen LogP contribution in [0.3, 0.4) is 0 Å². The third kappa shape index (κ3) is 2.93. The van der Waals surface area contributed by atoms with Gasteiger partial charge in [-0.15, -0.1) is 0 Å². The van der Waals surface area contributed by atoms with E-state index in [2.05, 4.69) is 25.9 Å². The first-order valence-corrected chi connectivity index (χ1v) is 5.82. The molecule has 2 rings (SSSR count). The molecule has 0 fully saturated rings. The summed E-state index contributed by atoms with van der Waals surface area (Å²) < 4.78 is 5.99. The zero-order valence-corrected chi connectivity index (χ0v) is 11.1. The normalized spacial score (nSPS) is 10.1. The highest BCUT2D eigenvalue weighted by atomic mass is 79.9. The van der Waals surface area contributed by atoms with Gasteiger partial charge in [-0.25, -0.2) is 0 Å². The summed E-state index contributed by atoms with van der Waals surface area (Å²) in [7, 11) is 0. The molecule has 0 saturated carbocycles. The van der Waals surface area contributed by atoms with Gasteiger partial charge in [-0.1, -0.05) is 11.6 Å². The summed E-state index contributed by atoms with van der Waals surface area (Å²) in [6.45, 7) is 0. The Morgan fingerprint density at radius 1 is 1.39 bits per heavy atom. The second kappa shape index (κ2) is 5.28. The molecule has 18 heavy (non-hydrogen) atoms. The van der Waals surface area contributed by atoms with E-state index in [1.54, 1.807) is 12.3 Å². The van der Waals surface area contributed by atoms with Crippen molar-refractivity contribution in [2.45, 2.75) is 0 Å². The Balaban J connectivity index is 2.39. The van der Waals surface area contributed by atoms with Crippen molar-refractivity contribution < 1.29 is 9.66 Å². The van der Waals surface area contributed by atoms with Gasteiger partial charge in [0, 0.05) is 16.7 Å². The summed E-state index contributed by atoms with van der Waals surface area (Å²) in [6, 6.07) is 4.17. The van der Waals surface area contributed by atoms with Crippen LogP contribution in [0.5, 0.6) is 11.6 Å². The molecule has 8 heteroatoms. The van der Waals surface area contributed by atoms with Crippen LogP contribution in [0.4, 0.5) is 5.69 Å². The molecule has 0 saturated heterocycles. The minimum atomic E-state index is -0.593. The van der Waals surface area contributed by atoms with Crippen molar-refractivity contribution in [1.82, 2.24) is 9.97 Å². The van der Waals surface area contributed by atoms with Crippen molar-refractivity contribution in [3.63, 3.8) is 0 Å². The van der Waals surface area contributed by atoms with Gasteiger partial charge in [-0.05, 0) is 28.1 Å². The average molecular weight is 331 g/mol. The van der Waals surface area contributed by atoms with Gasteiger partial charge < -0.3 is 4.74 Å². The Labute approximate surface area is 115 Å². The lowest BCUT2D eigenvalue weighted by Crippen LogP contribution is -1.96. The maximum atomic E-state index is 10.8. The molecule has 6 nitrogen and oxygen atoms in total. The minimum absolute atomic E-state index is 0.110. The first kappa shape index (κ1) is 12.7. The van der Waals surface area contributed by atoms with Crippen LogP contribution in [0, 0.1) is 10.1 Å². The number of halogens is 2. The van der Waals surface area contributed by atoms with Crippen molar-refractivity contribution >= 4 is 33.2 Å². The van der Waals surface area contributed by atoms with E-state index < -0.39 is 4.92 Å². The Morgan fingerprint density at radius 3 is 2.83 bits per heavy atom. The van der Waals surface area contributed by atoms with Crippen LogP contribution in [-0.2, 0) is 0 Å². The average Bonchev–Trinajstić information content (AvgIpc) is 2.28. The molecule has 0 atom stereocenters. The monoisotopic (exact) mass is 329 g/mol. The van der Waals surface area contributed by atoms with Crippen molar-refractivity contribution in [1.29, 1.82) is 0 Å². The van der Waals surface area contributed by atoms with E-state index in [1.807, 2.05) is 0 Å². The minimum Gasteiger partial charge on any atom is -0.432 e. The summed E-state index contributed by atoms with van der Waals surface area (Å²) >= 11 is 8.89. The Bertz CT molecular complexity index is 609. The van der Waals surface area contributed by atoms with Crippen LogP contribution in [-0.4, -0.2) is 14.9 Å². The van der Waals surface area contributed by atoms with Gasteiger partial charge in [-0.3, -0.25) is 15.1 Å². The SMILES string of the molecule is O=[N+]([O-])c1ccc(Cl)nc1Oc1cncc(Br)c1. The molecule has 0 aliphatic rings. The highest BCUT2D eigenvalue weighted by Gasteiger charge is 2.18. The van der Waals surface area contributed by atoms with E-state index in [4.69, 9.17) is 16.3 Å². The summed E-state index contributed by atoms with van der Waals surface area (Å²) in [5, 5.41) is 10.9. The number of aromatic nitrogens is 2. The van der Waals surface area contributed by atoms with Crippen molar-refractivity contribution in [3.05, 3.63) is 50.3 Å². The number of nitrogens with zero attached hydrogens (tertiary/aromatic N) is 3. The van der Waals surface area contributed by atoms with Gasteiger partial charge in [0.05, 0.1) is 11.1 Å². The molecule has 0 unspecified atom stereocenters. The zero-order valence-electron chi connectivity index (χ0n) is 8.71. The van der Waals surface area contributed by atoms with Crippen LogP contribution in [0.25, 0.3) is 0 Å². The fourth-order valence-corrected chi connectivity index (χ4v) is 1.67. The predicted octanol–water partition coefficient (Wildman–Crippen LogP) is 3.59. The number of hydrogen-bond donors (Lipinski definition) is 0. The Hall–Kier alpha value is -1.73. The molecular weight excluding hydrogens is 325 g/mol. The van der Waals surface area contributed by atoms with E-state index in [-0.39, 0.29) is 16.7 Å². The second-order valence-corrected chi connectivity index (χ2v) is 4.46. The lowest BCUT2D eigenvalue weighted by atomic mass is 10.4. The number of nitro groups is 1. The zero-order chi connectivity index (χ0) is 13.1. The van der Waals surface area contributed by atoms with Gasteiger partial charge >= 0.3 is 11.6 Å². The van der Waals surface area contributed by atoms with Crippen molar-refractivity contribution in [3.8, 4) is 11.6 Å². The predicted molar refractivity (Wildman–Crippen MR) is 67.9 cm³/mol. The lowest BCUT2D eigenvalue weighted by Gasteiger charge is -2.05. The van der Waals surface area contributed by atoms with E-state index in [0.29, 0.717) is 10.2 Å². The summed E-state index contributed by atoms with van der Waals surface area (Å²) in [6.07, 6.45) is 2.98. The Morgan fingerprint density at radius 2 is 2.17 bits per heavy atom. The van der Waals surface area contributed by atoms with Crippen LogP contribution in [0.1, 0.15) is 0 Å². The summed E-state index contributed by atoms with van der Waals surface area (Å²) in [5.74, 6) is 0.148. The van der Waals surface area contributed by atoms with Crippen molar-refractivity contribution in [2.24, 2.45) is 0 Å². The van der Waals surface area contributed by atoms with Gasteiger partial charge in [-0.2, -0.15) is 4.98 Å². The van der Waals surface area contributed by atoms with Crippen molar-refractivity contribution in [2.75, 3.05) is 0 Å². The van der Waals surface area contributed by atoms with Gasteiger partial charge in [0.2, 0.25) is 0 Å². The quantitative estimate of drug-likeness (QED) is 0.488. The van der Waals surface area contributed by atoms with Gasteiger partial charge in [0.15, 0.2) is 0 Å². The Kier molecular flexibility index (Phi) is 3.73. The lowest BCUT2D eigenvalue weighted by molar-refractivity contribution is -0.386. The summed E-state index contributed by atoms with van der Waals surface area (Å²) in [4.78, 5) is 17.9. The molecular formula is C10H5BrClN3O3. The summed E-state index contributed by atoms with van der Waals surface area (Å²) in [5.41, 5.74) is -0.264. The highest BCUT2D eigenvalue weighted by Crippen LogP contribution is 2.31. The third-order valence-electron chi connectivity index (χ3n) is 1.90. The first-order valence-electron chi connectivity index (χ1n) is 4.65. The highest BCUT2D eigenvalue weighted by molar-refractivity contribution is 9.10. The molecule has 2 aromatic rings. The molecule has 0 amide bonds. The second-order valence-electron chi connectivity index (χ2n) is 3.16. The van der Waals surface area contributed by atoms with Crippen LogP contribution in [0.15, 0.2) is 35.1 Å². The smallest absolute Gasteiger partial charge is 0.331 e.